The molecule has 1 saturated carbocycles. The highest BCUT2D eigenvalue weighted by atomic mass is 35.5. The maximum atomic E-state index is 12.7. The van der Waals surface area contributed by atoms with Crippen molar-refractivity contribution >= 4 is 23.5 Å². The van der Waals surface area contributed by atoms with Crippen LogP contribution in [-0.4, -0.2) is 17.0 Å². The second-order valence-electron chi connectivity index (χ2n) is 6.45. The highest BCUT2D eigenvalue weighted by Crippen LogP contribution is 2.32. The summed E-state index contributed by atoms with van der Waals surface area (Å²) in [6.07, 6.45) is 1.57. The van der Waals surface area contributed by atoms with Crippen molar-refractivity contribution in [3.63, 3.8) is 0 Å². The topological polar surface area (TPSA) is 66.4 Å². The molecule has 3 atom stereocenters. The van der Waals surface area contributed by atoms with Gasteiger partial charge in [-0.2, -0.15) is 0 Å². The van der Waals surface area contributed by atoms with E-state index in [9.17, 15) is 9.59 Å². The fraction of sp³-hybridized carbons (Fsp3) is 0.300. The molecule has 0 spiro atoms. The van der Waals surface area contributed by atoms with E-state index in [1.54, 1.807) is 6.07 Å². The van der Waals surface area contributed by atoms with Crippen LogP contribution in [0.2, 0.25) is 5.02 Å². The number of halogens is 1. The number of rotatable bonds is 5. The molecule has 0 aromatic heterocycles. The normalized spacial score (nSPS) is 20.8. The maximum absolute atomic E-state index is 12.7. The Morgan fingerprint density at radius 1 is 1.00 bits per heavy atom. The fourth-order valence-electron chi connectivity index (χ4n) is 3.39. The van der Waals surface area contributed by atoms with Gasteiger partial charge in [-0.3, -0.25) is 9.59 Å². The molecule has 130 valence electrons. The van der Waals surface area contributed by atoms with Crippen molar-refractivity contribution in [1.82, 2.24) is 5.32 Å². The molecule has 1 aliphatic rings. The Morgan fingerprint density at radius 3 is 2.32 bits per heavy atom. The lowest BCUT2D eigenvalue weighted by molar-refractivity contribution is -0.141. The minimum Gasteiger partial charge on any atom is -0.481 e. The molecule has 0 heterocycles. The van der Waals surface area contributed by atoms with Crippen molar-refractivity contribution in [1.29, 1.82) is 0 Å². The van der Waals surface area contributed by atoms with E-state index in [1.807, 2.05) is 48.5 Å². The molecule has 3 rings (SSSR count). The second kappa shape index (κ2) is 7.70. The summed E-state index contributed by atoms with van der Waals surface area (Å²) in [5.41, 5.74) is 1.87. The number of hydrogen-bond acceptors (Lipinski definition) is 2. The average molecular weight is 358 g/mol. The smallest absolute Gasteiger partial charge is 0.306 e. The zero-order valence-corrected chi connectivity index (χ0v) is 14.4. The first-order valence-corrected chi connectivity index (χ1v) is 8.76. The first-order valence-electron chi connectivity index (χ1n) is 8.38. The van der Waals surface area contributed by atoms with Crippen LogP contribution in [0.5, 0.6) is 0 Å². The van der Waals surface area contributed by atoms with Crippen LogP contribution in [-0.2, 0) is 9.59 Å². The summed E-state index contributed by atoms with van der Waals surface area (Å²) in [6, 6.07) is 16.8. The molecule has 2 aromatic carbocycles. The van der Waals surface area contributed by atoms with Crippen molar-refractivity contribution < 1.29 is 14.7 Å². The minimum absolute atomic E-state index is 0.0995. The average Bonchev–Trinajstić information content (AvgIpc) is 3.11. The molecular formula is C20H20ClNO3. The van der Waals surface area contributed by atoms with Gasteiger partial charge in [0.1, 0.15) is 0 Å². The zero-order valence-electron chi connectivity index (χ0n) is 13.7. The molecule has 0 saturated heterocycles. The Bertz CT molecular complexity index is 763. The number of carboxylic acid groups (broad SMARTS) is 1. The summed E-state index contributed by atoms with van der Waals surface area (Å²) >= 11 is 6.12. The summed E-state index contributed by atoms with van der Waals surface area (Å²) < 4.78 is 0. The number of carbonyl (C=O) groups is 2. The molecule has 1 fully saturated rings. The van der Waals surface area contributed by atoms with Crippen molar-refractivity contribution in [2.45, 2.75) is 25.3 Å². The predicted molar refractivity (Wildman–Crippen MR) is 96.3 cm³/mol. The third-order valence-electron chi connectivity index (χ3n) is 4.75. The van der Waals surface area contributed by atoms with E-state index in [-0.39, 0.29) is 17.9 Å². The number of carbonyl (C=O) groups excluding carboxylic acids is 1. The molecule has 1 aliphatic carbocycles. The Kier molecular flexibility index (Phi) is 5.39. The van der Waals surface area contributed by atoms with Gasteiger partial charge in [-0.1, -0.05) is 54.1 Å². The van der Waals surface area contributed by atoms with Gasteiger partial charge >= 0.3 is 5.97 Å². The summed E-state index contributed by atoms with van der Waals surface area (Å²) in [4.78, 5) is 23.8. The molecule has 0 bridgehead atoms. The Labute approximate surface area is 151 Å². The van der Waals surface area contributed by atoms with Crippen molar-refractivity contribution in [2.75, 3.05) is 0 Å². The summed E-state index contributed by atoms with van der Waals surface area (Å²) in [5, 5.41) is 12.8. The Morgan fingerprint density at radius 2 is 1.68 bits per heavy atom. The molecule has 2 aromatic rings. The first-order chi connectivity index (χ1) is 12.0. The van der Waals surface area contributed by atoms with Crippen molar-refractivity contribution in [2.24, 2.45) is 11.8 Å². The molecule has 1 unspecified atom stereocenters. The van der Waals surface area contributed by atoms with Crippen LogP contribution < -0.4 is 5.32 Å². The molecule has 4 nitrogen and oxygen atoms in total. The lowest BCUT2D eigenvalue weighted by atomic mass is 9.97. The summed E-state index contributed by atoms with van der Waals surface area (Å²) in [6.45, 7) is 0. The monoisotopic (exact) mass is 357 g/mol. The number of carboxylic acids is 1. The molecule has 1 amide bonds. The van der Waals surface area contributed by atoms with Crippen LogP contribution in [0, 0.1) is 11.8 Å². The maximum Gasteiger partial charge on any atom is 0.306 e. The highest BCUT2D eigenvalue weighted by Gasteiger charge is 2.34. The second-order valence-corrected chi connectivity index (χ2v) is 6.89. The van der Waals surface area contributed by atoms with Gasteiger partial charge in [-0.05, 0) is 42.5 Å². The molecule has 0 radical (unpaired) electrons. The van der Waals surface area contributed by atoms with Gasteiger partial charge in [0.05, 0.1) is 12.0 Å². The van der Waals surface area contributed by atoms with Crippen LogP contribution in [0.25, 0.3) is 0 Å². The van der Waals surface area contributed by atoms with E-state index in [0.29, 0.717) is 24.3 Å². The van der Waals surface area contributed by atoms with E-state index >= 15 is 0 Å². The summed E-state index contributed by atoms with van der Waals surface area (Å²) in [7, 11) is 0. The van der Waals surface area contributed by atoms with Crippen molar-refractivity contribution in [3.8, 4) is 0 Å². The van der Waals surface area contributed by atoms with Crippen LogP contribution >= 0.6 is 11.6 Å². The molecule has 5 heteroatoms. The van der Waals surface area contributed by atoms with E-state index < -0.39 is 11.9 Å². The lowest BCUT2D eigenvalue weighted by Gasteiger charge is -2.22. The Hall–Kier alpha value is -2.33. The number of benzene rings is 2. The van der Waals surface area contributed by atoms with Gasteiger partial charge in [0.25, 0.3) is 0 Å². The largest absolute Gasteiger partial charge is 0.481 e. The van der Waals surface area contributed by atoms with Gasteiger partial charge < -0.3 is 10.4 Å². The van der Waals surface area contributed by atoms with Gasteiger partial charge in [-0.15, -0.1) is 0 Å². The van der Waals surface area contributed by atoms with E-state index in [0.717, 1.165) is 11.1 Å². The Balaban J connectivity index is 1.81. The minimum atomic E-state index is -0.815. The third kappa shape index (κ3) is 4.20. The van der Waals surface area contributed by atoms with Crippen LogP contribution in [0.15, 0.2) is 54.6 Å². The van der Waals surface area contributed by atoms with E-state index in [2.05, 4.69) is 5.32 Å². The van der Waals surface area contributed by atoms with Gasteiger partial charge in [0, 0.05) is 10.9 Å². The third-order valence-corrected chi connectivity index (χ3v) is 4.99. The SMILES string of the molecule is O=C(O)[C@@H]1CC[C@H](C(=O)NC(c2ccccc2)c2cccc(Cl)c2)C1. The predicted octanol–water partition coefficient (Wildman–Crippen LogP) is 4.05. The summed E-state index contributed by atoms with van der Waals surface area (Å²) in [5.74, 6) is -1.59. The van der Waals surface area contributed by atoms with Gasteiger partial charge in [0.2, 0.25) is 5.91 Å². The lowest BCUT2D eigenvalue weighted by Crippen LogP contribution is -2.34. The molecule has 2 N–H and O–H groups in total. The van der Waals surface area contributed by atoms with Gasteiger partial charge in [-0.25, -0.2) is 0 Å². The van der Waals surface area contributed by atoms with Crippen molar-refractivity contribution in [3.05, 3.63) is 70.7 Å². The van der Waals surface area contributed by atoms with E-state index in [1.165, 1.54) is 0 Å². The van der Waals surface area contributed by atoms with Crippen LogP contribution in [0.1, 0.15) is 36.4 Å². The number of aliphatic carboxylic acids is 1. The molecule has 0 aliphatic heterocycles. The van der Waals surface area contributed by atoms with Crippen LogP contribution in [0.4, 0.5) is 0 Å². The quantitative estimate of drug-likeness (QED) is 0.848. The standard InChI is InChI=1S/C20H20ClNO3/c21-17-8-4-7-14(12-17)18(13-5-2-1-3-6-13)22-19(23)15-9-10-16(11-15)20(24)25/h1-8,12,15-16,18H,9-11H2,(H,22,23)(H,24,25)/t15-,16+,18?/m0/s1. The molecule has 25 heavy (non-hydrogen) atoms. The number of nitrogens with one attached hydrogen (secondary N) is 1. The first kappa shape index (κ1) is 17.5. The number of amides is 1. The highest BCUT2D eigenvalue weighted by molar-refractivity contribution is 6.30. The van der Waals surface area contributed by atoms with E-state index in [4.69, 9.17) is 16.7 Å². The zero-order chi connectivity index (χ0) is 17.8. The van der Waals surface area contributed by atoms with Gasteiger partial charge in [0.15, 0.2) is 0 Å². The number of hydrogen-bond donors (Lipinski definition) is 2. The van der Waals surface area contributed by atoms with Crippen LogP contribution in [0.3, 0.4) is 0 Å². The molecular weight excluding hydrogens is 338 g/mol. The fourth-order valence-corrected chi connectivity index (χ4v) is 3.59.